The summed E-state index contributed by atoms with van der Waals surface area (Å²) in [6, 6.07) is 2.08. The molecule has 0 spiro atoms. The lowest BCUT2D eigenvalue weighted by molar-refractivity contribution is 0.133. The second-order valence-electron chi connectivity index (χ2n) is 5.20. The molecule has 1 fully saturated rings. The first kappa shape index (κ1) is 10.2. The molecule has 1 atom stereocenters. The molecule has 0 radical (unpaired) electrons. The lowest BCUT2D eigenvalue weighted by Gasteiger charge is -2.41. The predicted octanol–water partition coefficient (Wildman–Crippen LogP) is 1.49. The molecule has 0 bridgehead atoms. The molecule has 0 saturated carbocycles. The Morgan fingerprint density at radius 1 is 1.25 bits per heavy atom. The summed E-state index contributed by atoms with van der Waals surface area (Å²) in [6.07, 6.45) is 11.6. The lowest BCUT2D eigenvalue weighted by atomic mass is 9.89. The summed E-state index contributed by atoms with van der Waals surface area (Å²) >= 11 is 0. The van der Waals surface area contributed by atoms with E-state index in [2.05, 4.69) is 30.0 Å². The monoisotopic (exact) mass is 217 g/mol. The van der Waals surface area contributed by atoms with Crippen molar-refractivity contribution in [2.75, 3.05) is 13.1 Å². The molecule has 2 aliphatic rings. The van der Waals surface area contributed by atoms with E-state index in [9.17, 15) is 0 Å². The topological polar surface area (TPSA) is 16.4 Å². The lowest BCUT2D eigenvalue weighted by Crippen LogP contribution is -2.50. The van der Waals surface area contributed by atoms with E-state index in [-0.39, 0.29) is 5.54 Å². The highest BCUT2D eigenvalue weighted by molar-refractivity contribution is 5.46. The first-order chi connectivity index (χ1) is 7.78. The zero-order chi connectivity index (χ0) is 11.0. The van der Waals surface area contributed by atoms with E-state index in [0.29, 0.717) is 0 Å². The quantitative estimate of drug-likeness (QED) is 0.708. The molecule has 3 rings (SSSR count). The summed E-state index contributed by atoms with van der Waals surface area (Å²) in [5, 5.41) is 1.26. The minimum Gasteiger partial charge on any atom is -0.465 e. The van der Waals surface area contributed by atoms with Gasteiger partial charge in [-0.25, -0.2) is 0 Å². The fourth-order valence-electron chi connectivity index (χ4n) is 2.93. The van der Waals surface area contributed by atoms with Gasteiger partial charge in [-0.1, -0.05) is 12.5 Å². The van der Waals surface area contributed by atoms with Gasteiger partial charge >= 0.3 is 0 Å². The van der Waals surface area contributed by atoms with Crippen molar-refractivity contribution in [1.29, 1.82) is 0 Å². The van der Waals surface area contributed by atoms with Gasteiger partial charge in [-0.2, -0.15) is 0 Å². The third kappa shape index (κ3) is 1.61. The van der Waals surface area contributed by atoms with Gasteiger partial charge in [-0.3, -0.25) is 4.90 Å². The van der Waals surface area contributed by atoms with Crippen molar-refractivity contribution in [2.24, 2.45) is 0 Å². The summed E-state index contributed by atoms with van der Waals surface area (Å²) in [4.78, 5) is 2.63. The largest absolute Gasteiger partial charge is 0.465 e. The standard InChI is InChI=1S/C14H19NO/c1-14(15-8-3-2-4-9-15)7-5-13-12(11-14)6-10-16-13/h5-6,10-11H,2-4,7-9H2,1H3. The van der Waals surface area contributed by atoms with Crippen molar-refractivity contribution in [3.63, 3.8) is 0 Å². The van der Waals surface area contributed by atoms with E-state index in [4.69, 9.17) is 4.42 Å². The molecule has 1 aliphatic heterocycles. The van der Waals surface area contributed by atoms with E-state index in [1.165, 1.54) is 37.6 Å². The van der Waals surface area contributed by atoms with Gasteiger partial charge in [0.15, 0.2) is 0 Å². The molecule has 1 unspecified atom stereocenters. The van der Waals surface area contributed by atoms with Crippen LogP contribution < -0.4 is 10.6 Å². The van der Waals surface area contributed by atoms with Gasteiger partial charge in [0.1, 0.15) is 5.42 Å². The molecule has 0 aromatic carbocycles. The molecule has 1 saturated heterocycles. The highest BCUT2D eigenvalue weighted by atomic mass is 16.3. The highest BCUT2D eigenvalue weighted by Crippen LogP contribution is 2.27. The molecule has 0 N–H and O–H groups in total. The van der Waals surface area contributed by atoms with Crippen molar-refractivity contribution in [2.45, 2.75) is 38.1 Å². The van der Waals surface area contributed by atoms with Crippen LogP contribution in [0.5, 0.6) is 0 Å². The smallest absolute Gasteiger partial charge is 0.129 e. The van der Waals surface area contributed by atoms with E-state index in [0.717, 1.165) is 11.8 Å². The van der Waals surface area contributed by atoms with Crippen molar-refractivity contribution < 1.29 is 4.42 Å². The van der Waals surface area contributed by atoms with Gasteiger partial charge in [0.2, 0.25) is 0 Å². The van der Waals surface area contributed by atoms with Gasteiger partial charge < -0.3 is 4.42 Å². The normalized spacial score (nSPS) is 30.3. The summed E-state index contributed by atoms with van der Waals surface area (Å²) in [6.45, 7) is 4.84. The molecule has 16 heavy (non-hydrogen) atoms. The Morgan fingerprint density at radius 3 is 2.88 bits per heavy atom. The zero-order valence-electron chi connectivity index (χ0n) is 9.91. The van der Waals surface area contributed by atoms with Crippen molar-refractivity contribution in [1.82, 2.24) is 4.90 Å². The van der Waals surface area contributed by atoms with Crippen LogP contribution in [0.25, 0.3) is 12.2 Å². The van der Waals surface area contributed by atoms with E-state index >= 15 is 0 Å². The van der Waals surface area contributed by atoms with Crippen LogP contribution in [0.1, 0.15) is 32.6 Å². The summed E-state index contributed by atoms with van der Waals surface area (Å²) < 4.78 is 5.43. The van der Waals surface area contributed by atoms with E-state index < -0.39 is 0 Å². The van der Waals surface area contributed by atoms with Crippen LogP contribution in [0.4, 0.5) is 0 Å². The maximum Gasteiger partial charge on any atom is 0.129 e. The average molecular weight is 217 g/mol. The number of rotatable bonds is 1. The highest BCUT2D eigenvalue weighted by Gasteiger charge is 2.30. The summed E-state index contributed by atoms with van der Waals surface area (Å²) in [7, 11) is 0. The van der Waals surface area contributed by atoms with Gasteiger partial charge in [0.25, 0.3) is 0 Å². The van der Waals surface area contributed by atoms with Crippen molar-refractivity contribution in [3.05, 3.63) is 23.0 Å². The molecular weight excluding hydrogens is 198 g/mol. The molecule has 0 amide bonds. The van der Waals surface area contributed by atoms with Crippen molar-refractivity contribution in [3.8, 4) is 0 Å². The minimum absolute atomic E-state index is 0.206. The van der Waals surface area contributed by atoms with Gasteiger partial charge in [-0.05, 0) is 51.4 Å². The molecule has 1 aromatic heterocycles. The first-order valence-electron chi connectivity index (χ1n) is 6.30. The number of hydrogen-bond donors (Lipinski definition) is 0. The number of furan rings is 1. The Morgan fingerprint density at radius 2 is 2.06 bits per heavy atom. The number of fused-ring (bicyclic) bond motifs is 1. The fourth-order valence-corrected chi connectivity index (χ4v) is 2.93. The Labute approximate surface area is 96.2 Å². The van der Waals surface area contributed by atoms with Crippen LogP contribution >= 0.6 is 0 Å². The minimum atomic E-state index is 0.206. The van der Waals surface area contributed by atoms with Gasteiger partial charge in [-0.15, -0.1) is 0 Å². The number of likely N-dealkylation sites (tertiary alicyclic amines) is 1. The van der Waals surface area contributed by atoms with Crippen LogP contribution in [-0.2, 0) is 0 Å². The molecular formula is C14H19NO. The van der Waals surface area contributed by atoms with Crippen molar-refractivity contribution >= 4 is 12.2 Å². The van der Waals surface area contributed by atoms with E-state index in [1.54, 1.807) is 6.26 Å². The summed E-state index contributed by atoms with van der Waals surface area (Å²) in [5.74, 6) is 0. The van der Waals surface area contributed by atoms with Crippen LogP contribution in [0.15, 0.2) is 16.7 Å². The number of piperidine rings is 1. The molecule has 1 aliphatic carbocycles. The Balaban J connectivity index is 1.95. The predicted molar refractivity (Wildman–Crippen MR) is 65.3 cm³/mol. The molecule has 86 valence electrons. The molecule has 2 heterocycles. The van der Waals surface area contributed by atoms with Gasteiger partial charge in [0.05, 0.1) is 6.26 Å². The van der Waals surface area contributed by atoms with E-state index in [1.807, 2.05) is 0 Å². The maximum absolute atomic E-state index is 5.43. The van der Waals surface area contributed by atoms with Gasteiger partial charge in [0, 0.05) is 10.8 Å². The Hall–Kier alpha value is -1.02. The maximum atomic E-state index is 5.43. The third-order valence-electron chi connectivity index (χ3n) is 3.97. The zero-order valence-corrected chi connectivity index (χ0v) is 9.91. The van der Waals surface area contributed by atoms with Crippen LogP contribution in [0, 0.1) is 0 Å². The van der Waals surface area contributed by atoms with Crippen LogP contribution in [0.2, 0.25) is 0 Å². The third-order valence-corrected chi connectivity index (χ3v) is 3.97. The Kier molecular flexibility index (Phi) is 2.40. The second-order valence-corrected chi connectivity index (χ2v) is 5.20. The summed E-state index contributed by atoms with van der Waals surface area (Å²) in [5.41, 5.74) is 1.26. The van der Waals surface area contributed by atoms with Crippen LogP contribution in [0.3, 0.4) is 0 Å². The average Bonchev–Trinajstić information content (AvgIpc) is 2.77. The SMILES string of the molecule is CC1(N2CCCCC2)C=c2ccoc2=CC1. The van der Waals surface area contributed by atoms with Crippen LogP contribution in [-0.4, -0.2) is 23.5 Å². The number of nitrogens with zero attached hydrogens (tertiary/aromatic N) is 1. The second kappa shape index (κ2) is 3.77. The molecule has 1 aromatic rings. The Bertz CT molecular complexity index is 481. The number of hydrogen-bond acceptors (Lipinski definition) is 2. The fraction of sp³-hybridized carbons (Fsp3) is 0.571. The molecule has 2 heteroatoms. The first-order valence-corrected chi connectivity index (χ1v) is 6.30. The molecule has 2 nitrogen and oxygen atoms in total.